The minimum Gasteiger partial charge on any atom is -0.394 e. The molecule has 9 heteroatoms. The summed E-state index contributed by atoms with van der Waals surface area (Å²) < 4.78 is 14.3. The molecular formula is C19H20FN3O4S. The van der Waals surface area contributed by atoms with Gasteiger partial charge >= 0.3 is 0 Å². The number of nitrogens with one attached hydrogen (secondary N) is 2. The molecule has 0 bridgehead atoms. The zero-order valence-corrected chi connectivity index (χ0v) is 16.1. The number of anilines is 2. The van der Waals surface area contributed by atoms with Crippen LogP contribution < -0.4 is 10.8 Å². The smallest absolute Gasteiger partial charge is 0.278 e. The van der Waals surface area contributed by atoms with Crippen molar-refractivity contribution in [2.75, 3.05) is 18.5 Å². The monoisotopic (exact) mass is 405 g/mol. The molecule has 3 rings (SSSR count). The number of thiophene rings is 1. The number of benzene rings is 1. The van der Waals surface area contributed by atoms with Crippen LogP contribution in [0.2, 0.25) is 0 Å². The van der Waals surface area contributed by atoms with Gasteiger partial charge in [0.15, 0.2) is 0 Å². The molecule has 148 valence electrons. The first-order chi connectivity index (χ1) is 13.4. The fourth-order valence-electron chi connectivity index (χ4n) is 2.55. The Morgan fingerprint density at radius 3 is 2.82 bits per heavy atom. The Morgan fingerprint density at radius 1 is 1.32 bits per heavy atom. The molecule has 0 fully saturated rings. The summed E-state index contributed by atoms with van der Waals surface area (Å²) in [5.41, 5.74) is 4.39. The van der Waals surface area contributed by atoms with Gasteiger partial charge in [0, 0.05) is 11.6 Å². The first-order valence-corrected chi connectivity index (χ1v) is 9.34. The van der Waals surface area contributed by atoms with E-state index in [1.165, 1.54) is 17.4 Å². The lowest BCUT2D eigenvalue weighted by Crippen LogP contribution is -2.30. The Morgan fingerprint density at radius 2 is 2.11 bits per heavy atom. The maximum Gasteiger partial charge on any atom is 0.278 e. The number of amides is 1. The van der Waals surface area contributed by atoms with Gasteiger partial charge < -0.3 is 15.5 Å². The maximum atomic E-state index is 14.3. The Bertz CT molecular complexity index is 1010. The van der Waals surface area contributed by atoms with Crippen LogP contribution in [0.3, 0.4) is 0 Å². The number of aliphatic hydroxyl groups excluding tert-OH is 2. The molecule has 2 aromatic heterocycles. The third-order valence-corrected chi connectivity index (χ3v) is 4.96. The zero-order valence-electron chi connectivity index (χ0n) is 15.3. The van der Waals surface area contributed by atoms with Crippen LogP contribution in [0.1, 0.15) is 21.5 Å². The second kappa shape index (κ2) is 8.61. The van der Waals surface area contributed by atoms with E-state index in [1.807, 2.05) is 13.0 Å². The van der Waals surface area contributed by atoms with Gasteiger partial charge in [0.25, 0.3) is 5.91 Å². The molecule has 28 heavy (non-hydrogen) atoms. The lowest BCUT2D eigenvalue weighted by atomic mass is 10.1. The number of halogens is 1. The topological polar surface area (TPSA) is 104 Å². The number of hydroxylamine groups is 1. The molecule has 0 aliphatic heterocycles. The van der Waals surface area contributed by atoms with Gasteiger partial charge in [-0.15, -0.1) is 0 Å². The number of carbonyl (C=O) groups excluding carboxylic acids is 1. The largest absolute Gasteiger partial charge is 0.394 e. The minimum absolute atomic E-state index is 0.236. The zero-order chi connectivity index (χ0) is 20.3. The van der Waals surface area contributed by atoms with Crippen molar-refractivity contribution in [1.82, 2.24) is 10.5 Å². The second-order valence-electron chi connectivity index (χ2n) is 6.36. The fraction of sp³-hybridized carbons (Fsp3) is 0.263. The molecule has 1 atom stereocenters. The first-order valence-electron chi connectivity index (χ1n) is 8.52. The van der Waals surface area contributed by atoms with E-state index in [-0.39, 0.29) is 17.9 Å². The number of hydrogen-bond donors (Lipinski definition) is 4. The number of aliphatic hydroxyl groups is 2. The van der Waals surface area contributed by atoms with Crippen LogP contribution >= 0.6 is 11.3 Å². The molecular weight excluding hydrogens is 385 g/mol. The summed E-state index contributed by atoms with van der Waals surface area (Å²) in [4.78, 5) is 22.6. The van der Waals surface area contributed by atoms with Crippen molar-refractivity contribution in [1.29, 1.82) is 0 Å². The van der Waals surface area contributed by atoms with E-state index in [0.29, 0.717) is 15.2 Å². The highest BCUT2D eigenvalue weighted by Crippen LogP contribution is 2.37. The minimum atomic E-state index is -1.11. The quantitative estimate of drug-likeness (QED) is 0.451. The molecule has 0 aliphatic carbocycles. The normalized spacial score (nSPS) is 12.2. The Labute approximate surface area is 164 Å². The van der Waals surface area contributed by atoms with Crippen molar-refractivity contribution in [3.05, 3.63) is 53.0 Å². The third-order valence-electron chi connectivity index (χ3n) is 3.93. The number of fused-ring (bicyclic) bond motifs is 1. The van der Waals surface area contributed by atoms with Crippen LogP contribution in [0.4, 0.5) is 15.1 Å². The number of pyridine rings is 1. The van der Waals surface area contributed by atoms with E-state index >= 15 is 0 Å². The summed E-state index contributed by atoms with van der Waals surface area (Å²) in [7, 11) is 0. The lowest BCUT2D eigenvalue weighted by molar-refractivity contribution is -0.0294. The Kier molecular flexibility index (Phi) is 6.20. The van der Waals surface area contributed by atoms with Gasteiger partial charge in [0.2, 0.25) is 0 Å². The highest BCUT2D eigenvalue weighted by molar-refractivity contribution is 7.23. The van der Waals surface area contributed by atoms with Crippen molar-refractivity contribution in [3.63, 3.8) is 0 Å². The molecule has 2 heterocycles. The van der Waals surface area contributed by atoms with Crippen LogP contribution in [0.15, 0.2) is 30.5 Å². The first kappa shape index (κ1) is 20.2. The second-order valence-corrected chi connectivity index (χ2v) is 7.36. The van der Waals surface area contributed by atoms with Crippen molar-refractivity contribution in [2.45, 2.75) is 20.0 Å². The van der Waals surface area contributed by atoms with Crippen molar-refractivity contribution < 1.29 is 24.2 Å². The van der Waals surface area contributed by atoms with Crippen molar-refractivity contribution in [2.24, 2.45) is 0 Å². The summed E-state index contributed by atoms with van der Waals surface area (Å²) >= 11 is 1.22. The van der Waals surface area contributed by atoms with Gasteiger partial charge in [0.05, 0.1) is 17.9 Å². The molecule has 4 N–H and O–H groups in total. The van der Waals surface area contributed by atoms with E-state index in [2.05, 4.69) is 15.8 Å². The standard InChI is InChI=1S/C19H20FN3O4S/c1-10-3-4-15(14(20)6-10)22-19-16(17(26)23-27-9-12(25)8-24)13-5-11(2)7-21-18(13)28-19/h3-7,12,22,24-25H,8-9H2,1-2H3,(H,23,26)/t12-/m0/s1. The number of aryl methyl sites for hydroxylation is 2. The SMILES string of the molecule is Cc1ccc(Nc2sc3ncc(C)cc3c2C(=O)NOC[C@@H](O)CO)c(F)c1. The van der Waals surface area contributed by atoms with Crippen LogP contribution in [0.25, 0.3) is 10.2 Å². The van der Waals surface area contributed by atoms with Crippen LogP contribution in [-0.2, 0) is 4.84 Å². The van der Waals surface area contributed by atoms with Gasteiger partial charge in [-0.25, -0.2) is 14.9 Å². The summed E-state index contributed by atoms with van der Waals surface area (Å²) in [5.74, 6) is -1.01. The summed E-state index contributed by atoms with van der Waals surface area (Å²) in [6.07, 6.45) is 0.577. The summed E-state index contributed by atoms with van der Waals surface area (Å²) in [6.45, 7) is 2.89. The molecule has 0 saturated heterocycles. The molecule has 0 saturated carbocycles. The number of aromatic nitrogens is 1. The van der Waals surface area contributed by atoms with Gasteiger partial charge in [-0.05, 0) is 43.2 Å². The molecule has 1 amide bonds. The van der Waals surface area contributed by atoms with Gasteiger partial charge in [0.1, 0.15) is 28.4 Å². The fourth-order valence-corrected chi connectivity index (χ4v) is 3.59. The lowest BCUT2D eigenvalue weighted by Gasteiger charge is -2.11. The van der Waals surface area contributed by atoms with Gasteiger partial charge in [-0.3, -0.25) is 9.63 Å². The van der Waals surface area contributed by atoms with E-state index < -0.39 is 24.4 Å². The van der Waals surface area contributed by atoms with E-state index in [9.17, 15) is 14.3 Å². The van der Waals surface area contributed by atoms with E-state index in [4.69, 9.17) is 9.94 Å². The van der Waals surface area contributed by atoms with Crippen LogP contribution in [0, 0.1) is 19.7 Å². The highest BCUT2D eigenvalue weighted by Gasteiger charge is 2.21. The molecule has 0 spiro atoms. The Balaban J connectivity index is 1.95. The third kappa shape index (κ3) is 4.45. The molecule has 3 aromatic rings. The van der Waals surface area contributed by atoms with E-state index in [1.54, 1.807) is 25.3 Å². The van der Waals surface area contributed by atoms with Crippen LogP contribution in [-0.4, -0.2) is 40.4 Å². The van der Waals surface area contributed by atoms with Gasteiger partial charge in [-0.2, -0.15) is 0 Å². The van der Waals surface area contributed by atoms with Gasteiger partial charge in [-0.1, -0.05) is 17.4 Å². The highest BCUT2D eigenvalue weighted by atomic mass is 32.1. The molecule has 0 unspecified atom stereocenters. The van der Waals surface area contributed by atoms with Crippen molar-refractivity contribution in [3.8, 4) is 0 Å². The molecule has 7 nitrogen and oxygen atoms in total. The predicted molar refractivity (Wildman–Crippen MR) is 105 cm³/mol. The molecule has 0 radical (unpaired) electrons. The van der Waals surface area contributed by atoms with E-state index in [0.717, 1.165) is 11.1 Å². The summed E-state index contributed by atoms with van der Waals surface area (Å²) in [6, 6.07) is 6.58. The number of nitrogens with zero attached hydrogens (tertiary/aromatic N) is 1. The average molecular weight is 405 g/mol. The van der Waals surface area contributed by atoms with Crippen molar-refractivity contribution >= 4 is 38.1 Å². The predicted octanol–water partition coefficient (Wildman–Crippen LogP) is 2.81. The number of rotatable bonds is 7. The Hall–Kier alpha value is -2.59. The number of carbonyl (C=O) groups is 1. The molecule has 0 aliphatic rings. The van der Waals surface area contributed by atoms with Crippen LogP contribution in [0.5, 0.6) is 0 Å². The number of hydrogen-bond acceptors (Lipinski definition) is 7. The maximum absolute atomic E-state index is 14.3. The average Bonchev–Trinajstić information content (AvgIpc) is 3.00. The summed E-state index contributed by atoms with van der Waals surface area (Å²) in [5, 5.41) is 22.1. The molecule has 1 aromatic carbocycles.